The highest BCUT2D eigenvalue weighted by Crippen LogP contribution is 2.02. The number of aliphatic hydroxyl groups is 2. The highest BCUT2D eigenvalue weighted by molar-refractivity contribution is 5.59. The summed E-state index contributed by atoms with van der Waals surface area (Å²) in [6.45, 7) is 0.167. The third-order valence-electron chi connectivity index (χ3n) is 2.58. The average molecular weight is 245 g/mol. The summed E-state index contributed by atoms with van der Waals surface area (Å²) in [5.41, 5.74) is 1.13. The van der Waals surface area contributed by atoms with Crippen LogP contribution in [0.1, 0.15) is 5.56 Å². The van der Waals surface area contributed by atoms with Gasteiger partial charge in [-0.2, -0.15) is 0 Å². The lowest BCUT2D eigenvalue weighted by atomic mass is 10.2. The van der Waals surface area contributed by atoms with E-state index in [1.54, 1.807) is 0 Å². The van der Waals surface area contributed by atoms with E-state index in [0.29, 0.717) is 6.54 Å². The largest absolute Gasteiger partial charge is 0.394 e. The molecule has 2 rings (SSSR count). The summed E-state index contributed by atoms with van der Waals surface area (Å²) in [5, 5.41) is 18.1. The highest BCUT2D eigenvalue weighted by Gasteiger charge is 2.07. The molecule has 0 radical (unpaired) electrons. The number of benzene rings is 1. The monoisotopic (exact) mass is 245 g/mol. The minimum atomic E-state index is -0.719. The predicted molar refractivity (Wildman–Crippen MR) is 69.4 cm³/mol. The van der Waals surface area contributed by atoms with E-state index < -0.39 is 6.10 Å². The average Bonchev–Trinajstić information content (AvgIpc) is 2.85. The second-order valence-electron chi connectivity index (χ2n) is 4.12. The topological polar surface area (TPSA) is 49.3 Å². The molecule has 0 aliphatic heterocycles. The summed E-state index contributed by atoms with van der Waals surface area (Å²) >= 11 is 0. The Hall–Kier alpha value is -1.91. The van der Waals surface area contributed by atoms with Crippen LogP contribution < -0.4 is 4.57 Å². The maximum Gasteiger partial charge on any atom is 0.248 e. The normalized spacial score (nSPS) is 13.0. The van der Waals surface area contributed by atoms with Crippen LogP contribution >= 0.6 is 0 Å². The molecule has 94 valence electrons. The van der Waals surface area contributed by atoms with E-state index >= 15 is 0 Å². The Bertz CT molecular complexity index is 506. The van der Waals surface area contributed by atoms with E-state index in [-0.39, 0.29) is 6.61 Å². The molecule has 2 aromatic rings. The maximum atomic E-state index is 9.33. The molecule has 1 aromatic carbocycles. The van der Waals surface area contributed by atoms with Crippen molar-refractivity contribution in [1.82, 2.24) is 4.57 Å². The van der Waals surface area contributed by atoms with E-state index in [4.69, 9.17) is 5.11 Å². The van der Waals surface area contributed by atoms with Crippen molar-refractivity contribution in [2.24, 2.45) is 0 Å². The lowest BCUT2D eigenvalue weighted by Gasteiger charge is -2.01. The molecule has 0 bridgehead atoms. The Morgan fingerprint density at radius 2 is 2.06 bits per heavy atom. The fourth-order valence-electron chi connectivity index (χ4n) is 1.64. The number of hydrogen-bond acceptors (Lipinski definition) is 2. The fraction of sp³-hybridized carbons (Fsp3) is 0.214. The van der Waals surface area contributed by atoms with Crippen LogP contribution in [0.3, 0.4) is 0 Å². The lowest BCUT2D eigenvalue weighted by molar-refractivity contribution is -0.703. The van der Waals surface area contributed by atoms with Crippen molar-refractivity contribution >= 4 is 12.3 Å². The van der Waals surface area contributed by atoms with Gasteiger partial charge in [-0.1, -0.05) is 30.3 Å². The maximum absolute atomic E-state index is 9.33. The van der Waals surface area contributed by atoms with Crippen LogP contribution in [-0.2, 0) is 6.54 Å². The van der Waals surface area contributed by atoms with Crippen LogP contribution in [0.25, 0.3) is 12.3 Å². The van der Waals surface area contributed by atoms with Crippen molar-refractivity contribution in [3.63, 3.8) is 0 Å². The third-order valence-corrected chi connectivity index (χ3v) is 2.58. The Labute approximate surface area is 106 Å². The molecule has 18 heavy (non-hydrogen) atoms. The Morgan fingerprint density at radius 3 is 2.78 bits per heavy atom. The third kappa shape index (κ3) is 3.55. The molecule has 1 atom stereocenters. The summed E-state index contributed by atoms with van der Waals surface area (Å²) in [6.07, 6.45) is 8.84. The molecule has 0 saturated heterocycles. The molecular weight excluding hydrogens is 228 g/mol. The molecule has 2 N–H and O–H groups in total. The number of hydrogen-bond donors (Lipinski definition) is 2. The molecule has 0 spiro atoms. The molecule has 1 heterocycles. The van der Waals surface area contributed by atoms with Crippen LogP contribution in [0.5, 0.6) is 0 Å². The molecule has 1 unspecified atom stereocenters. The van der Waals surface area contributed by atoms with Gasteiger partial charge < -0.3 is 10.2 Å². The Morgan fingerprint density at radius 1 is 1.28 bits per heavy atom. The van der Waals surface area contributed by atoms with Gasteiger partial charge in [0.1, 0.15) is 25.0 Å². The molecule has 0 aliphatic carbocycles. The predicted octanol–water partition coefficient (Wildman–Crippen LogP) is 0.757. The summed E-state index contributed by atoms with van der Waals surface area (Å²) in [5.74, 6) is 0. The van der Waals surface area contributed by atoms with Gasteiger partial charge >= 0.3 is 0 Å². The quantitative estimate of drug-likeness (QED) is 0.764. The van der Waals surface area contributed by atoms with Crippen molar-refractivity contribution in [3.05, 3.63) is 54.6 Å². The Kier molecular flexibility index (Phi) is 4.28. The second-order valence-corrected chi connectivity index (χ2v) is 4.12. The zero-order chi connectivity index (χ0) is 12.8. The van der Waals surface area contributed by atoms with Gasteiger partial charge in [-0.15, -0.1) is 0 Å². The first kappa shape index (κ1) is 12.5. The van der Waals surface area contributed by atoms with Gasteiger partial charge in [0.05, 0.1) is 12.8 Å². The number of aromatic nitrogens is 2. The summed E-state index contributed by atoms with van der Waals surface area (Å²) < 4.78 is 3.73. The van der Waals surface area contributed by atoms with E-state index in [0.717, 1.165) is 5.56 Å². The molecule has 0 amide bonds. The second kappa shape index (κ2) is 6.14. The van der Waals surface area contributed by atoms with E-state index in [9.17, 15) is 5.11 Å². The van der Waals surface area contributed by atoms with Crippen LogP contribution in [0.15, 0.2) is 49.1 Å². The van der Waals surface area contributed by atoms with E-state index in [1.165, 1.54) is 0 Å². The van der Waals surface area contributed by atoms with Crippen molar-refractivity contribution in [2.45, 2.75) is 12.6 Å². The zero-order valence-corrected chi connectivity index (χ0v) is 10.1. The highest BCUT2D eigenvalue weighted by atomic mass is 16.3. The lowest BCUT2D eigenvalue weighted by Crippen LogP contribution is -2.39. The van der Waals surface area contributed by atoms with Crippen molar-refractivity contribution < 1.29 is 14.8 Å². The molecule has 0 aliphatic rings. The van der Waals surface area contributed by atoms with Gasteiger partial charge in [-0.05, 0) is 11.6 Å². The molecule has 4 heteroatoms. The van der Waals surface area contributed by atoms with Crippen LogP contribution in [-0.4, -0.2) is 27.5 Å². The first-order valence-electron chi connectivity index (χ1n) is 5.86. The SMILES string of the molecule is OCC(O)C[n+]1ccn(/C=C/c2ccccc2)c1. The smallest absolute Gasteiger partial charge is 0.248 e. The molecule has 1 aromatic heterocycles. The van der Waals surface area contributed by atoms with Gasteiger partial charge in [-0.25, -0.2) is 9.13 Å². The number of nitrogens with zero attached hydrogens (tertiary/aromatic N) is 2. The van der Waals surface area contributed by atoms with Gasteiger partial charge in [0.15, 0.2) is 0 Å². The first-order chi connectivity index (χ1) is 8.78. The molecular formula is C14H17N2O2+. The van der Waals surface area contributed by atoms with Gasteiger partial charge in [-0.3, -0.25) is 0 Å². The summed E-state index contributed by atoms with van der Waals surface area (Å²) in [7, 11) is 0. The standard InChI is InChI=1S/C14H17N2O2/c17-11-14(18)10-16-9-8-15(12-16)7-6-13-4-2-1-3-5-13/h1-9,12,14,17-18H,10-11H2/q+1/b7-6+. The molecule has 4 nitrogen and oxygen atoms in total. The van der Waals surface area contributed by atoms with Gasteiger partial charge in [0.25, 0.3) is 0 Å². The van der Waals surface area contributed by atoms with Gasteiger partial charge in [0.2, 0.25) is 6.33 Å². The van der Waals surface area contributed by atoms with E-state index in [1.807, 2.05) is 70.5 Å². The van der Waals surface area contributed by atoms with Crippen LogP contribution in [0.2, 0.25) is 0 Å². The Balaban J connectivity index is 2.00. The van der Waals surface area contributed by atoms with Crippen molar-refractivity contribution in [1.29, 1.82) is 0 Å². The van der Waals surface area contributed by atoms with Crippen LogP contribution in [0, 0.1) is 0 Å². The zero-order valence-electron chi connectivity index (χ0n) is 10.1. The molecule has 0 saturated carbocycles. The molecule has 0 fully saturated rings. The van der Waals surface area contributed by atoms with E-state index in [2.05, 4.69) is 0 Å². The fourth-order valence-corrected chi connectivity index (χ4v) is 1.64. The van der Waals surface area contributed by atoms with Gasteiger partial charge in [0, 0.05) is 0 Å². The number of rotatable bonds is 5. The number of imidazole rings is 1. The number of aliphatic hydroxyl groups excluding tert-OH is 2. The van der Waals surface area contributed by atoms with Crippen molar-refractivity contribution in [3.8, 4) is 0 Å². The van der Waals surface area contributed by atoms with Crippen LogP contribution in [0.4, 0.5) is 0 Å². The minimum absolute atomic E-state index is 0.224. The summed E-state index contributed by atoms with van der Waals surface area (Å²) in [4.78, 5) is 0. The minimum Gasteiger partial charge on any atom is -0.394 e. The van der Waals surface area contributed by atoms with Crippen molar-refractivity contribution in [2.75, 3.05) is 6.61 Å². The summed E-state index contributed by atoms with van der Waals surface area (Å²) in [6, 6.07) is 10.0. The first-order valence-corrected chi connectivity index (χ1v) is 5.86.